The molecule has 3 heterocycles. The SMILES string of the molecule is COc1cccc(CN2CC[C@H]3C[C@@H]2C(=O)N(CC(=O)N(C)C)C3)n1. The Morgan fingerprint density at radius 2 is 2.20 bits per heavy atom. The predicted octanol–water partition coefficient (Wildman–Crippen LogP) is 0.601. The van der Waals surface area contributed by atoms with E-state index in [1.54, 1.807) is 26.1 Å². The summed E-state index contributed by atoms with van der Waals surface area (Å²) in [5.74, 6) is 1.09. The number of likely N-dealkylation sites (N-methyl/N-ethyl adjacent to an activating group) is 1. The second-order valence-corrected chi connectivity index (χ2v) is 7.05. The molecular formula is C18H26N4O3. The Hall–Kier alpha value is -2.15. The van der Waals surface area contributed by atoms with Crippen LogP contribution in [-0.4, -0.2) is 78.4 Å². The van der Waals surface area contributed by atoms with Crippen molar-refractivity contribution in [3.8, 4) is 5.88 Å². The first-order chi connectivity index (χ1) is 12.0. The minimum atomic E-state index is -0.157. The van der Waals surface area contributed by atoms with E-state index in [-0.39, 0.29) is 24.4 Å². The van der Waals surface area contributed by atoms with E-state index in [9.17, 15) is 9.59 Å². The fourth-order valence-corrected chi connectivity index (χ4v) is 3.63. The lowest BCUT2D eigenvalue weighted by Gasteiger charge is -2.46. The first-order valence-corrected chi connectivity index (χ1v) is 8.71. The van der Waals surface area contributed by atoms with Crippen molar-refractivity contribution in [2.24, 2.45) is 5.92 Å². The fourth-order valence-electron chi connectivity index (χ4n) is 3.63. The summed E-state index contributed by atoms with van der Waals surface area (Å²) in [5, 5.41) is 0. The van der Waals surface area contributed by atoms with Gasteiger partial charge in [-0.25, -0.2) is 4.98 Å². The number of nitrogens with zero attached hydrogens (tertiary/aromatic N) is 4. The molecule has 2 amide bonds. The number of aromatic nitrogens is 1. The van der Waals surface area contributed by atoms with E-state index in [0.29, 0.717) is 24.9 Å². The Bertz CT molecular complexity index is 649. The normalized spacial score (nSPS) is 23.5. The molecule has 2 aliphatic heterocycles. The van der Waals surface area contributed by atoms with Gasteiger partial charge in [0.2, 0.25) is 17.7 Å². The van der Waals surface area contributed by atoms with Crippen LogP contribution in [0.25, 0.3) is 0 Å². The molecule has 2 aliphatic rings. The molecule has 2 bridgehead atoms. The number of carbonyl (C=O) groups excluding carboxylic acids is 2. The van der Waals surface area contributed by atoms with Gasteiger partial charge in [0, 0.05) is 33.3 Å². The first-order valence-electron chi connectivity index (χ1n) is 8.71. The first kappa shape index (κ1) is 17.7. The number of methoxy groups -OCH3 is 1. The highest BCUT2D eigenvalue weighted by molar-refractivity contribution is 5.88. The average molecular weight is 346 g/mol. The summed E-state index contributed by atoms with van der Waals surface area (Å²) in [7, 11) is 5.04. The van der Waals surface area contributed by atoms with E-state index in [4.69, 9.17) is 4.74 Å². The van der Waals surface area contributed by atoms with Gasteiger partial charge in [0.25, 0.3) is 0 Å². The van der Waals surface area contributed by atoms with E-state index in [1.807, 2.05) is 18.2 Å². The van der Waals surface area contributed by atoms with Crippen LogP contribution in [0.5, 0.6) is 5.88 Å². The van der Waals surface area contributed by atoms with Crippen LogP contribution in [0.2, 0.25) is 0 Å². The van der Waals surface area contributed by atoms with Gasteiger partial charge in [-0.1, -0.05) is 6.07 Å². The summed E-state index contributed by atoms with van der Waals surface area (Å²) in [6, 6.07) is 5.53. The largest absolute Gasteiger partial charge is 0.481 e. The van der Waals surface area contributed by atoms with Gasteiger partial charge in [0.1, 0.15) is 0 Å². The number of rotatable bonds is 5. The van der Waals surface area contributed by atoms with Crippen molar-refractivity contribution >= 4 is 11.8 Å². The van der Waals surface area contributed by atoms with Crippen LogP contribution in [0.1, 0.15) is 18.5 Å². The van der Waals surface area contributed by atoms with Crippen molar-refractivity contribution in [1.29, 1.82) is 0 Å². The molecule has 2 saturated heterocycles. The Kier molecular flexibility index (Phi) is 5.22. The van der Waals surface area contributed by atoms with Gasteiger partial charge in [-0.3, -0.25) is 14.5 Å². The highest BCUT2D eigenvalue weighted by atomic mass is 16.5. The Morgan fingerprint density at radius 3 is 2.92 bits per heavy atom. The number of pyridine rings is 1. The van der Waals surface area contributed by atoms with Gasteiger partial charge in [-0.2, -0.15) is 0 Å². The number of amides is 2. The maximum absolute atomic E-state index is 12.9. The van der Waals surface area contributed by atoms with Crippen LogP contribution >= 0.6 is 0 Å². The molecule has 0 saturated carbocycles. The maximum Gasteiger partial charge on any atom is 0.241 e. The summed E-state index contributed by atoms with van der Waals surface area (Å²) in [6.45, 7) is 2.37. The molecule has 0 aromatic carbocycles. The summed E-state index contributed by atoms with van der Waals surface area (Å²) in [4.78, 5) is 34.8. The highest BCUT2D eigenvalue weighted by Crippen LogP contribution is 2.31. The van der Waals surface area contributed by atoms with Gasteiger partial charge < -0.3 is 14.5 Å². The summed E-state index contributed by atoms with van der Waals surface area (Å²) >= 11 is 0. The summed E-state index contributed by atoms with van der Waals surface area (Å²) < 4.78 is 5.18. The highest BCUT2D eigenvalue weighted by Gasteiger charge is 2.41. The Morgan fingerprint density at radius 1 is 1.40 bits per heavy atom. The van der Waals surface area contributed by atoms with E-state index in [1.165, 1.54) is 4.90 Å². The molecule has 0 aliphatic carbocycles. The molecule has 7 nitrogen and oxygen atoms in total. The fraction of sp³-hybridized carbons (Fsp3) is 0.611. The molecule has 1 aromatic heterocycles. The minimum Gasteiger partial charge on any atom is -0.481 e. The van der Waals surface area contributed by atoms with Crippen molar-refractivity contribution in [3.05, 3.63) is 23.9 Å². The monoisotopic (exact) mass is 346 g/mol. The molecule has 0 spiro atoms. The number of piperidine rings is 2. The van der Waals surface area contributed by atoms with Gasteiger partial charge in [-0.05, 0) is 31.4 Å². The number of hydrogen-bond acceptors (Lipinski definition) is 5. The van der Waals surface area contributed by atoms with Crippen LogP contribution in [0, 0.1) is 5.92 Å². The minimum absolute atomic E-state index is 0.0330. The van der Waals surface area contributed by atoms with Crippen molar-refractivity contribution in [1.82, 2.24) is 19.7 Å². The Labute approximate surface area is 148 Å². The molecule has 0 unspecified atom stereocenters. The molecule has 2 fully saturated rings. The average Bonchev–Trinajstić information content (AvgIpc) is 2.61. The number of hydrogen-bond donors (Lipinski definition) is 0. The third-order valence-electron chi connectivity index (χ3n) is 5.08. The number of ether oxygens (including phenoxy) is 1. The van der Waals surface area contributed by atoms with Gasteiger partial charge in [-0.15, -0.1) is 0 Å². The van der Waals surface area contributed by atoms with Crippen LogP contribution in [0.4, 0.5) is 0 Å². The second-order valence-electron chi connectivity index (χ2n) is 7.05. The summed E-state index contributed by atoms with van der Waals surface area (Å²) in [5.41, 5.74) is 0.895. The number of likely N-dealkylation sites (tertiary alicyclic amines) is 2. The van der Waals surface area contributed by atoms with Crippen LogP contribution in [-0.2, 0) is 16.1 Å². The van der Waals surface area contributed by atoms with E-state index >= 15 is 0 Å². The van der Waals surface area contributed by atoms with E-state index < -0.39 is 0 Å². The third-order valence-corrected chi connectivity index (χ3v) is 5.08. The quantitative estimate of drug-likeness (QED) is 0.781. The number of carbonyl (C=O) groups is 2. The smallest absolute Gasteiger partial charge is 0.241 e. The molecule has 1 aromatic rings. The molecule has 0 radical (unpaired) electrons. The molecule has 0 N–H and O–H groups in total. The van der Waals surface area contributed by atoms with Gasteiger partial charge in [0.05, 0.1) is 25.4 Å². The van der Waals surface area contributed by atoms with Crippen LogP contribution in [0.3, 0.4) is 0 Å². The number of fused-ring (bicyclic) bond motifs is 2. The predicted molar refractivity (Wildman–Crippen MR) is 93.0 cm³/mol. The zero-order valence-corrected chi connectivity index (χ0v) is 15.1. The zero-order valence-electron chi connectivity index (χ0n) is 15.1. The summed E-state index contributed by atoms with van der Waals surface area (Å²) in [6.07, 6.45) is 1.91. The van der Waals surface area contributed by atoms with Crippen molar-refractivity contribution < 1.29 is 14.3 Å². The van der Waals surface area contributed by atoms with E-state index in [0.717, 1.165) is 25.1 Å². The molecule has 7 heteroatoms. The van der Waals surface area contributed by atoms with Crippen LogP contribution in [0.15, 0.2) is 18.2 Å². The lowest BCUT2D eigenvalue weighted by Crippen LogP contribution is -2.59. The third kappa shape index (κ3) is 3.92. The topological polar surface area (TPSA) is 66.0 Å². The maximum atomic E-state index is 12.9. The molecule has 136 valence electrons. The Balaban J connectivity index is 1.71. The van der Waals surface area contributed by atoms with Gasteiger partial charge >= 0.3 is 0 Å². The molecule has 2 atom stereocenters. The lowest BCUT2D eigenvalue weighted by molar-refractivity contribution is -0.150. The van der Waals surface area contributed by atoms with Crippen LogP contribution < -0.4 is 4.74 Å². The lowest BCUT2D eigenvalue weighted by atomic mass is 9.85. The van der Waals surface area contributed by atoms with E-state index in [2.05, 4.69) is 9.88 Å². The van der Waals surface area contributed by atoms with Crippen molar-refractivity contribution in [3.63, 3.8) is 0 Å². The van der Waals surface area contributed by atoms with Crippen molar-refractivity contribution in [2.45, 2.75) is 25.4 Å². The molecule has 3 rings (SSSR count). The molecular weight excluding hydrogens is 320 g/mol. The standard InChI is InChI=1S/C18H26N4O3/c1-20(2)17(23)12-22-10-13-7-8-21(15(9-13)18(22)24)11-14-5-4-6-16(19-14)25-3/h4-6,13,15H,7-12H2,1-3H3/t13-,15+/m0/s1. The molecule has 25 heavy (non-hydrogen) atoms. The van der Waals surface area contributed by atoms with Gasteiger partial charge in [0.15, 0.2) is 0 Å². The second kappa shape index (κ2) is 7.39. The zero-order chi connectivity index (χ0) is 18.0. The van der Waals surface area contributed by atoms with Crippen molar-refractivity contribution in [2.75, 3.05) is 40.8 Å².